The Labute approximate surface area is 109 Å². The highest BCUT2D eigenvalue weighted by molar-refractivity contribution is 5.96. The van der Waals surface area contributed by atoms with Crippen LogP contribution in [0.15, 0.2) is 24.3 Å². The summed E-state index contributed by atoms with van der Waals surface area (Å²) in [4.78, 5) is 33.6. The van der Waals surface area contributed by atoms with E-state index in [-0.39, 0.29) is 23.4 Å². The van der Waals surface area contributed by atoms with Gasteiger partial charge in [-0.2, -0.15) is 0 Å². The van der Waals surface area contributed by atoms with Gasteiger partial charge in [-0.3, -0.25) is 9.59 Å². The maximum Gasteiger partial charge on any atom is 0.335 e. The van der Waals surface area contributed by atoms with Crippen molar-refractivity contribution in [3.05, 3.63) is 35.4 Å². The summed E-state index contributed by atoms with van der Waals surface area (Å²) in [5.74, 6) is -1.30. The molecule has 1 aromatic rings. The molecule has 3 N–H and O–H groups in total. The van der Waals surface area contributed by atoms with Crippen LogP contribution in [0.4, 0.5) is 0 Å². The number of carbonyl (C=O) groups excluding carboxylic acids is 2. The van der Waals surface area contributed by atoms with Gasteiger partial charge < -0.3 is 15.7 Å². The Morgan fingerprint density at radius 1 is 1.21 bits per heavy atom. The summed E-state index contributed by atoms with van der Waals surface area (Å²) < 4.78 is 0. The molecule has 0 aliphatic carbocycles. The lowest BCUT2D eigenvalue weighted by atomic mass is 10.1. The van der Waals surface area contributed by atoms with Crippen LogP contribution in [-0.4, -0.2) is 35.5 Å². The van der Waals surface area contributed by atoms with Crippen LogP contribution < -0.4 is 10.6 Å². The molecule has 6 heteroatoms. The number of carboxylic acid groups (broad SMARTS) is 1. The van der Waals surface area contributed by atoms with E-state index in [1.54, 1.807) is 0 Å². The molecule has 1 aliphatic rings. The minimum Gasteiger partial charge on any atom is -0.478 e. The van der Waals surface area contributed by atoms with Crippen LogP contribution in [0.2, 0.25) is 0 Å². The average molecular weight is 262 g/mol. The zero-order valence-corrected chi connectivity index (χ0v) is 10.2. The smallest absolute Gasteiger partial charge is 0.335 e. The summed E-state index contributed by atoms with van der Waals surface area (Å²) in [6.45, 7) is 0.428. The second-order valence-corrected chi connectivity index (χ2v) is 4.40. The summed E-state index contributed by atoms with van der Waals surface area (Å²) in [5, 5.41) is 14.2. The van der Waals surface area contributed by atoms with Gasteiger partial charge >= 0.3 is 5.97 Å². The van der Waals surface area contributed by atoms with Gasteiger partial charge in [-0.1, -0.05) is 0 Å². The van der Waals surface area contributed by atoms with E-state index in [0.717, 1.165) is 0 Å². The van der Waals surface area contributed by atoms with Gasteiger partial charge in [0.25, 0.3) is 5.91 Å². The fraction of sp³-hybridized carbons (Fsp3) is 0.308. The fourth-order valence-corrected chi connectivity index (χ4v) is 1.89. The van der Waals surface area contributed by atoms with Gasteiger partial charge in [-0.05, 0) is 30.7 Å². The van der Waals surface area contributed by atoms with E-state index in [2.05, 4.69) is 10.6 Å². The highest BCUT2D eigenvalue weighted by atomic mass is 16.4. The van der Waals surface area contributed by atoms with E-state index in [1.807, 2.05) is 0 Å². The molecule has 2 rings (SSSR count). The highest BCUT2D eigenvalue weighted by Gasteiger charge is 2.20. The summed E-state index contributed by atoms with van der Waals surface area (Å²) in [5.41, 5.74) is 0.545. The Bertz CT molecular complexity index is 500. The molecule has 100 valence electrons. The van der Waals surface area contributed by atoms with E-state index >= 15 is 0 Å². The molecular formula is C13H14N2O4. The SMILES string of the molecule is O=C1CCC(NC(=O)c2ccc(C(=O)O)cc2)CN1. The van der Waals surface area contributed by atoms with Gasteiger partial charge in [0.1, 0.15) is 0 Å². The summed E-state index contributed by atoms with van der Waals surface area (Å²) >= 11 is 0. The number of nitrogens with one attached hydrogen (secondary N) is 2. The van der Waals surface area contributed by atoms with Crippen LogP contribution in [-0.2, 0) is 4.79 Å². The molecule has 0 saturated carbocycles. The highest BCUT2D eigenvalue weighted by Crippen LogP contribution is 2.07. The number of rotatable bonds is 3. The summed E-state index contributed by atoms with van der Waals surface area (Å²) in [7, 11) is 0. The second-order valence-electron chi connectivity index (χ2n) is 4.40. The van der Waals surface area contributed by atoms with Crippen LogP contribution in [0.25, 0.3) is 0 Å². The number of carboxylic acids is 1. The van der Waals surface area contributed by atoms with E-state index < -0.39 is 5.97 Å². The van der Waals surface area contributed by atoms with Crippen molar-refractivity contribution < 1.29 is 19.5 Å². The number of piperidine rings is 1. The van der Waals surface area contributed by atoms with Crippen molar-refractivity contribution in [3.8, 4) is 0 Å². The number of carbonyl (C=O) groups is 3. The maximum absolute atomic E-state index is 11.9. The van der Waals surface area contributed by atoms with Crippen LogP contribution in [0.5, 0.6) is 0 Å². The number of benzene rings is 1. The van der Waals surface area contributed by atoms with Gasteiger partial charge in [0, 0.05) is 24.6 Å². The first-order chi connectivity index (χ1) is 9.06. The Morgan fingerprint density at radius 3 is 2.37 bits per heavy atom. The second kappa shape index (κ2) is 5.51. The standard InChI is InChI=1S/C13H14N2O4/c16-11-6-5-10(7-14-11)15-12(17)8-1-3-9(4-2-8)13(18)19/h1-4,10H,5-7H2,(H,14,16)(H,15,17)(H,18,19). The quantitative estimate of drug-likeness (QED) is 0.734. The van der Waals surface area contributed by atoms with Gasteiger partial charge in [0.15, 0.2) is 0 Å². The molecule has 0 spiro atoms. The molecule has 1 saturated heterocycles. The lowest BCUT2D eigenvalue weighted by Gasteiger charge is -2.23. The number of amides is 2. The molecule has 19 heavy (non-hydrogen) atoms. The normalized spacial score (nSPS) is 18.5. The topological polar surface area (TPSA) is 95.5 Å². The van der Waals surface area contributed by atoms with Crippen LogP contribution in [0.1, 0.15) is 33.6 Å². The first-order valence-corrected chi connectivity index (χ1v) is 5.97. The summed E-state index contributed by atoms with van der Waals surface area (Å²) in [6, 6.07) is 5.64. The Morgan fingerprint density at radius 2 is 1.84 bits per heavy atom. The third kappa shape index (κ3) is 3.31. The van der Waals surface area contributed by atoms with Crippen LogP contribution >= 0.6 is 0 Å². The van der Waals surface area contributed by atoms with Gasteiger partial charge in [0.2, 0.25) is 5.91 Å². The van der Waals surface area contributed by atoms with Crippen molar-refractivity contribution in [3.63, 3.8) is 0 Å². The monoisotopic (exact) mass is 262 g/mol. The first kappa shape index (κ1) is 13.1. The molecule has 1 fully saturated rings. The largest absolute Gasteiger partial charge is 0.478 e. The molecule has 1 aliphatic heterocycles. The van der Waals surface area contributed by atoms with E-state index in [0.29, 0.717) is 24.9 Å². The molecule has 0 aromatic heterocycles. The van der Waals surface area contributed by atoms with Crippen LogP contribution in [0.3, 0.4) is 0 Å². The zero-order chi connectivity index (χ0) is 13.8. The molecule has 0 bridgehead atoms. The lowest BCUT2D eigenvalue weighted by molar-refractivity contribution is -0.122. The minimum absolute atomic E-state index is 0.00342. The molecule has 2 amide bonds. The Kier molecular flexibility index (Phi) is 3.79. The Hall–Kier alpha value is -2.37. The lowest BCUT2D eigenvalue weighted by Crippen LogP contribution is -2.47. The molecule has 1 heterocycles. The van der Waals surface area contributed by atoms with Crippen molar-refractivity contribution in [2.24, 2.45) is 0 Å². The van der Waals surface area contributed by atoms with Crippen molar-refractivity contribution >= 4 is 17.8 Å². The van der Waals surface area contributed by atoms with Crippen molar-refractivity contribution in [2.45, 2.75) is 18.9 Å². The minimum atomic E-state index is -1.03. The van der Waals surface area contributed by atoms with E-state index in [9.17, 15) is 14.4 Å². The third-order valence-electron chi connectivity index (χ3n) is 2.99. The van der Waals surface area contributed by atoms with Gasteiger partial charge in [-0.25, -0.2) is 4.79 Å². The molecule has 1 unspecified atom stereocenters. The molecular weight excluding hydrogens is 248 g/mol. The van der Waals surface area contributed by atoms with E-state index in [1.165, 1.54) is 24.3 Å². The molecule has 6 nitrogen and oxygen atoms in total. The molecule has 1 atom stereocenters. The molecule has 0 radical (unpaired) electrons. The molecule has 1 aromatic carbocycles. The zero-order valence-electron chi connectivity index (χ0n) is 10.2. The number of hydrogen-bond donors (Lipinski definition) is 3. The van der Waals surface area contributed by atoms with E-state index in [4.69, 9.17) is 5.11 Å². The fourth-order valence-electron chi connectivity index (χ4n) is 1.89. The first-order valence-electron chi connectivity index (χ1n) is 5.97. The van der Waals surface area contributed by atoms with Crippen molar-refractivity contribution in [1.82, 2.24) is 10.6 Å². The Balaban J connectivity index is 1.96. The van der Waals surface area contributed by atoms with Crippen molar-refractivity contribution in [1.29, 1.82) is 0 Å². The van der Waals surface area contributed by atoms with Crippen LogP contribution in [0, 0.1) is 0 Å². The number of hydrogen-bond acceptors (Lipinski definition) is 3. The predicted molar refractivity (Wildman–Crippen MR) is 66.9 cm³/mol. The number of aromatic carboxylic acids is 1. The third-order valence-corrected chi connectivity index (χ3v) is 2.99. The summed E-state index contributed by atoms with van der Waals surface area (Å²) in [6.07, 6.45) is 1.02. The van der Waals surface area contributed by atoms with Crippen molar-refractivity contribution in [2.75, 3.05) is 6.54 Å². The van der Waals surface area contributed by atoms with Gasteiger partial charge in [0.05, 0.1) is 5.56 Å². The average Bonchev–Trinajstić information content (AvgIpc) is 2.41. The van der Waals surface area contributed by atoms with Gasteiger partial charge in [-0.15, -0.1) is 0 Å². The predicted octanol–water partition coefficient (Wildman–Crippen LogP) is 0.393. The maximum atomic E-state index is 11.9.